The molecular weight excluding hydrogens is 110 g/mol. The van der Waals surface area contributed by atoms with Crippen LogP contribution < -0.4 is 0 Å². The summed E-state index contributed by atoms with van der Waals surface area (Å²) >= 11 is 0. The Kier molecular flexibility index (Phi) is 1.60. The van der Waals surface area contributed by atoms with E-state index in [4.69, 9.17) is 0 Å². The number of nitrogens with one attached hydrogen (secondary N) is 1. The van der Waals surface area contributed by atoms with E-state index in [-0.39, 0.29) is 0 Å². The summed E-state index contributed by atoms with van der Waals surface area (Å²) in [5.74, 6) is 0.649. The topological polar surface area (TPSA) is 15.8 Å². The minimum Gasteiger partial charge on any atom is -0.367 e. The van der Waals surface area contributed by atoms with Crippen LogP contribution in [-0.4, -0.2) is 4.98 Å². The molecule has 50 valence electrons. The van der Waals surface area contributed by atoms with E-state index in [0.717, 1.165) is 0 Å². The van der Waals surface area contributed by atoms with Gasteiger partial charge >= 0.3 is 0 Å². The lowest BCUT2D eigenvalue weighted by Gasteiger charge is -2.00. The van der Waals surface area contributed by atoms with Crippen LogP contribution in [-0.2, 0) is 0 Å². The van der Waals surface area contributed by atoms with E-state index in [1.54, 1.807) is 0 Å². The standard InChI is InChI=1S/C8H13N/c1-6(2)8-5-9-4-7(8)3/h4-6,9H,1-3H3. The van der Waals surface area contributed by atoms with E-state index in [1.807, 2.05) is 6.20 Å². The third-order valence-electron chi connectivity index (χ3n) is 1.62. The molecule has 0 spiro atoms. The lowest BCUT2D eigenvalue weighted by Crippen LogP contribution is -1.84. The zero-order valence-corrected chi connectivity index (χ0v) is 6.23. The van der Waals surface area contributed by atoms with Crippen molar-refractivity contribution in [2.75, 3.05) is 0 Å². The van der Waals surface area contributed by atoms with Crippen molar-refractivity contribution in [1.82, 2.24) is 4.98 Å². The Morgan fingerprint density at radius 3 is 2.22 bits per heavy atom. The lowest BCUT2D eigenvalue weighted by molar-refractivity contribution is 0.860. The van der Waals surface area contributed by atoms with Gasteiger partial charge in [0.15, 0.2) is 0 Å². The van der Waals surface area contributed by atoms with Gasteiger partial charge in [-0.3, -0.25) is 0 Å². The fourth-order valence-corrected chi connectivity index (χ4v) is 1.08. The van der Waals surface area contributed by atoms with Gasteiger partial charge in [-0.25, -0.2) is 0 Å². The molecule has 1 rings (SSSR count). The van der Waals surface area contributed by atoms with Crippen molar-refractivity contribution in [2.24, 2.45) is 0 Å². The number of aromatic amines is 1. The van der Waals surface area contributed by atoms with Crippen molar-refractivity contribution < 1.29 is 0 Å². The summed E-state index contributed by atoms with van der Waals surface area (Å²) in [4.78, 5) is 3.08. The highest BCUT2D eigenvalue weighted by molar-refractivity contribution is 5.24. The van der Waals surface area contributed by atoms with Gasteiger partial charge in [0.1, 0.15) is 0 Å². The largest absolute Gasteiger partial charge is 0.367 e. The predicted octanol–water partition coefficient (Wildman–Crippen LogP) is 2.45. The second-order valence-corrected chi connectivity index (χ2v) is 2.75. The second kappa shape index (κ2) is 2.26. The molecule has 0 saturated heterocycles. The van der Waals surface area contributed by atoms with Crippen molar-refractivity contribution in [3.8, 4) is 0 Å². The molecule has 0 amide bonds. The monoisotopic (exact) mass is 123 g/mol. The third kappa shape index (κ3) is 1.15. The number of H-pyrrole nitrogens is 1. The normalized spacial score (nSPS) is 10.7. The molecule has 1 nitrogen and oxygen atoms in total. The summed E-state index contributed by atoms with van der Waals surface area (Å²) < 4.78 is 0. The second-order valence-electron chi connectivity index (χ2n) is 2.75. The molecule has 0 fully saturated rings. The third-order valence-corrected chi connectivity index (χ3v) is 1.62. The molecule has 0 aliphatic rings. The van der Waals surface area contributed by atoms with Gasteiger partial charge < -0.3 is 4.98 Å². The van der Waals surface area contributed by atoms with Crippen LogP contribution in [0.5, 0.6) is 0 Å². The van der Waals surface area contributed by atoms with E-state index in [1.165, 1.54) is 11.1 Å². The summed E-state index contributed by atoms with van der Waals surface area (Å²) in [6.45, 7) is 6.54. The minimum atomic E-state index is 0.649. The molecule has 1 aromatic heterocycles. The lowest BCUT2D eigenvalue weighted by atomic mass is 10.0. The summed E-state index contributed by atoms with van der Waals surface area (Å²) in [6, 6.07) is 0. The molecule has 1 N–H and O–H groups in total. The van der Waals surface area contributed by atoms with Crippen molar-refractivity contribution in [2.45, 2.75) is 26.7 Å². The Morgan fingerprint density at radius 2 is 2.00 bits per heavy atom. The Morgan fingerprint density at radius 1 is 1.33 bits per heavy atom. The van der Waals surface area contributed by atoms with Crippen molar-refractivity contribution >= 4 is 0 Å². The van der Waals surface area contributed by atoms with Crippen LogP contribution in [0, 0.1) is 6.92 Å². The van der Waals surface area contributed by atoms with Crippen LogP contribution >= 0.6 is 0 Å². The Labute approximate surface area is 56.1 Å². The Balaban J connectivity index is 2.94. The highest BCUT2D eigenvalue weighted by Crippen LogP contribution is 2.16. The molecule has 0 aliphatic carbocycles. The summed E-state index contributed by atoms with van der Waals surface area (Å²) in [6.07, 6.45) is 4.11. The quantitative estimate of drug-likeness (QED) is 0.590. The predicted molar refractivity (Wildman–Crippen MR) is 39.6 cm³/mol. The van der Waals surface area contributed by atoms with Gasteiger partial charge in [0.25, 0.3) is 0 Å². The van der Waals surface area contributed by atoms with Crippen molar-refractivity contribution in [1.29, 1.82) is 0 Å². The van der Waals surface area contributed by atoms with Crippen LogP contribution in [0.15, 0.2) is 12.4 Å². The number of hydrogen-bond acceptors (Lipinski definition) is 0. The molecule has 0 unspecified atom stereocenters. The van der Waals surface area contributed by atoms with Gasteiger partial charge in [-0.2, -0.15) is 0 Å². The zero-order valence-electron chi connectivity index (χ0n) is 6.23. The molecule has 0 saturated carbocycles. The van der Waals surface area contributed by atoms with E-state index < -0.39 is 0 Å². The maximum absolute atomic E-state index is 3.08. The SMILES string of the molecule is Cc1c[nH]cc1C(C)C. The fourth-order valence-electron chi connectivity index (χ4n) is 1.08. The molecule has 0 radical (unpaired) electrons. The van der Waals surface area contributed by atoms with Gasteiger partial charge in [0.05, 0.1) is 0 Å². The number of aryl methyl sites for hydroxylation is 1. The first-order valence-electron chi connectivity index (χ1n) is 3.35. The maximum Gasteiger partial charge on any atom is 0.00427 e. The Bertz CT molecular complexity index is 186. The van der Waals surface area contributed by atoms with E-state index in [9.17, 15) is 0 Å². The molecule has 9 heavy (non-hydrogen) atoms. The average molecular weight is 123 g/mol. The van der Waals surface area contributed by atoms with E-state index >= 15 is 0 Å². The van der Waals surface area contributed by atoms with Gasteiger partial charge in [-0.1, -0.05) is 13.8 Å². The number of rotatable bonds is 1. The summed E-state index contributed by atoms with van der Waals surface area (Å²) in [7, 11) is 0. The smallest absolute Gasteiger partial charge is 0.00427 e. The molecule has 0 atom stereocenters. The maximum atomic E-state index is 3.08. The molecule has 0 aromatic carbocycles. The highest BCUT2D eigenvalue weighted by atomic mass is 14.6. The molecule has 0 bridgehead atoms. The first-order chi connectivity index (χ1) is 4.22. The average Bonchev–Trinajstić information content (AvgIpc) is 2.13. The van der Waals surface area contributed by atoms with Gasteiger partial charge in [-0.15, -0.1) is 0 Å². The van der Waals surface area contributed by atoms with Gasteiger partial charge in [-0.05, 0) is 24.0 Å². The van der Waals surface area contributed by atoms with Crippen LogP contribution in [0.3, 0.4) is 0 Å². The van der Waals surface area contributed by atoms with Gasteiger partial charge in [0.2, 0.25) is 0 Å². The van der Waals surface area contributed by atoms with E-state index in [2.05, 4.69) is 32.0 Å². The number of hydrogen-bond donors (Lipinski definition) is 1. The Hall–Kier alpha value is -0.720. The summed E-state index contributed by atoms with van der Waals surface area (Å²) in [5.41, 5.74) is 2.79. The first-order valence-corrected chi connectivity index (χ1v) is 3.35. The zero-order chi connectivity index (χ0) is 6.85. The van der Waals surface area contributed by atoms with Crippen LogP contribution in [0.25, 0.3) is 0 Å². The van der Waals surface area contributed by atoms with Crippen LogP contribution in [0.2, 0.25) is 0 Å². The molecule has 0 aliphatic heterocycles. The van der Waals surface area contributed by atoms with Gasteiger partial charge in [0, 0.05) is 12.4 Å². The van der Waals surface area contributed by atoms with E-state index in [0.29, 0.717) is 5.92 Å². The molecule has 1 aromatic rings. The van der Waals surface area contributed by atoms with Crippen molar-refractivity contribution in [3.05, 3.63) is 23.5 Å². The molecule has 1 heteroatoms. The van der Waals surface area contributed by atoms with Crippen molar-refractivity contribution in [3.63, 3.8) is 0 Å². The minimum absolute atomic E-state index is 0.649. The molecule has 1 heterocycles. The summed E-state index contributed by atoms with van der Waals surface area (Å²) in [5, 5.41) is 0. The van der Waals surface area contributed by atoms with Crippen LogP contribution in [0.1, 0.15) is 30.9 Å². The molecular formula is C8H13N. The van der Waals surface area contributed by atoms with Crippen LogP contribution in [0.4, 0.5) is 0 Å². The highest BCUT2D eigenvalue weighted by Gasteiger charge is 2.01. The fraction of sp³-hybridized carbons (Fsp3) is 0.500. The first kappa shape index (κ1) is 6.40. The number of aromatic nitrogens is 1.